The lowest BCUT2D eigenvalue weighted by Gasteiger charge is -2.34. The number of piperidine rings is 1. The average Bonchev–Trinajstić information content (AvgIpc) is 3.48. The molecule has 54 heavy (non-hydrogen) atoms. The number of fused-ring (bicyclic) bond motifs is 2. The fourth-order valence-corrected chi connectivity index (χ4v) is 6.81. The highest BCUT2D eigenvalue weighted by Crippen LogP contribution is 2.32. The van der Waals surface area contributed by atoms with Gasteiger partial charge in [0.2, 0.25) is 23.7 Å². The van der Waals surface area contributed by atoms with Crippen molar-refractivity contribution in [2.45, 2.75) is 18.8 Å². The third-order valence-corrected chi connectivity index (χ3v) is 9.85. The van der Waals surface area contributed by atoms with Crippen molar-refractivity contribution in [1.82, 2.24) is 39.8 Å². The minimum absolute atomic E-state index is 0.0537. The van der Waals surface area contributed by atoms with E-state index in [0.717, 1.165) is 10.9 Å². The van der Waals surface area contributed by atoms with Gasteiger partial charge in [0.25, 0.3) is 11.5 Å². The van der Waals surface area contributed by atoms with Gasteiger partial charge < -0.3 is 30.2 Å². The molecule has 2 fully saturated rings. The van der Waals surface area contributed by atoms with Crippen LogP contribution in [-0.4, -0.2) is 99.2 Å². The summed E-state index contributed by atoms with van der Waals surface area (Å²) in [6.45, 7) is 2.29. The molecule has 2 aliphatic heterocycles. The van der Waals surface area contributed by atoms with E-state index < -0.39 is 5.92 Å². The SMILES string of the molecule is CNC(=O)COc1cc2cc(Nc3nc(N4CCN(CC(=O)Nc5ccc6c(C7CCC(=O)NC7=O)nn(C)c6c5)CC4)ncc3Cl)ccc2n(C)c1=O. The van der Waals surface area contributed by atoms with E-state index in [1.165, 1.54) is 17.8 Å². The first kappa shape index (κ1) is 36.3. The van der Waals surface area contributed by atoms with Crippen LogP contribution in [0.2, 0.25) is 5.02 Å². The van der Waals surface area contributed by atoms with Crippen LogP contribution >= 0.6 is 11.6 Å². The smallest absolute Gasteiger partial charge is 0.293 e. The second kappa shape index (κ2) is 15.1. The maximum absolute atomic E-state index is 13.1. The first-order valence-corrected chi connectivity index (χ1v) is 17.7. The number of anilines is 4. The van der Waals surface area contributed by atoms with Crippen LogP contribution in [0, 0.1) is 0 Å². The molecule has 0 aliphatic carbocycles. The van der Waals surface area contributed by atoms with Crippen molar-refractivity contribution in [1.29, 1.82) is 0 Å². The van der Waals surface area contributed by atoms with Gasteiger partial charge in [-0.25, -0.2) is 4.98 Å². The fourth-order valence-electron chi connectivity index (χ4n) is 6.67. The highest BCUT2D eigenvalue weighted by Gasteiger charge is 2.32. The summed E-state index contributed by atoms with van der Waals surface area (Å²) in [7, 11) is 4.91. The van der Waals surface area contributed by atoms with Gasteiger partial charge in [-0.05, 0) is 48.9 Å². The lowest BCUT2D eigenvalue weighted by molar-refractivity contribution is -0.134. The van der Waals surface area contributed by atoms with E-state index in [-0.39, 0.29) is 54.5 Å². The maximum atomic E-state index is 13.1. The summed E-state index contributed by atoms with van der Waals surface area (Å²) >= 11 is 6.50. The standard InChI is InChI=1S/C36H38ClN11O6/c1-38-31(51)19-54-28-15-20-14-21(5-8-26(20)45(2)35(28)53)41-33-25(37)17-39-36(43-33)48-12-10-47(11-13-48)18-30(50)40-22-4-6-23-27(16-22)46(3)44-32(23)24-7-9-29(49)42-34(24)52/h4-6,8,14-17,24H,7,9-13,18-19H2,1-3H3,(H,38,51)(H,40,50)(H,39,41,43)(H,42,49,52). The van der Waals surface area contributed by atoms with E-state index in [1.54, 1.807) is 37.0 Å². The number of rotatable bonds is 10. The van der Waals surface area contributed by atoms with Crippen molar-refractivity contribution in [3.63, 3.8) is 0 Å². The lowest BCUT2D eigenvalue weighted by Crippen LogP contribution is -2.49. The van der Waals surface area contributed by atoms with Gasteiger partial charge in [-0.15, -0.1) is 0 Å². The number of amides is 4. The number of hydrogen-bond donors (Lipinski definition) is 4. The second-order valence-corrected chi connectivity index (χ2v) is 13.6. The number of ether oxygens (including phenoxy) is 1. The Morgan fingerprint density at radius 3 is 2.52 bits per heavy atom. The Labute approximate surface area is 313 Å². The third kappa shape index (κ3) is 7.53. The highest BCUT2D eigenvalue weighted by atomic mass is 35.5. The molecule has 0 radical (unpaired) electrons. The van der Waals surface area contributed by atoms with Crippen LogP contribution in [0.25, 0.3) is 21.8 Å². The Hall–Kier alpha value is -6.07. The van der Waals surface area contributed by atoms with Crippen LogP contribution in [-0.2, 0) is 33.3 Å². The van der Waals surface area contributed by atoms with E-state index >= 15 is 0 Å². The number of likely N-dealkylation sites (N-methyl/N-ethyl adjacent to an activating group) is 1. The minimum atomic E-state index is -0.506. The Balaban J connectivity index is 0.962. The number of nitrogens with one attached hydrogen (secondary N) is 4. The lowest BCUT2D eigenvalue weighted by atomic mass is 9.93. The Kier molecular flexibility index (Phi) is 10.2. The molecule has 7 rings (SSSR count). The molecule has 0 spiro atoms. The van der Waals surface area contributed by atoms with Crippen LogP contribution in [0.15, 0.2) is 53.5 Å². The van der Waals surface area contributed by atoms with Gasteiger partial charge in [0.1, 0.15) is 5.02 Å². The maximum Gasteiger partial charge on any atom is 0.293 e. The number of nitrogens with zero attached hydrogens (tertiary/aromatic N) is 7. The monoisotopic (exact) mass is 755 g/mol. The summed E-state index contributed by atoms with van der Waals surface area (Å²) in [5.74, 6) is -0.699. The van der Waals surface area contributed by atoms with Crippen LogP contribution in [0.4, 0.5) is 23.1 Å². The van der Waals surface area contributed by atoms with Crippen molar-refractivity contribution in [2.24, 2.45) is 14.1 Å². The number of halogens is 1. The molecule has 4 N–H and O–H groups in total. The summed E-state index contributed by atoms with van der Waals surface area (Å²) in [6.07, 6.45) is 2.21. The molecule has 4 amide bonds. The number of pyridine rings is 1. The summed E-state index contributed by atoms with van der Waals surface area (Å²) in [4.78, 5) is 74.8. The van der Waals surface area contributed by atoms with E-state index in [4.69, 9.17) is 21.3 Å². The molecular formula is C36H38ClN11O6. The molecule has 0 saturated carbocycles. The fraction of sp³-hybridized carbons (Fsp3) is 0.333. The first-order chi connectivity index (χ1) is 26.0. The number of carbonyl (C=O) groups excluding carboxylic acids is 4. The summed E-state index contributed by atoms with van der Waals surface area (Å²) in [5.41, 5.74) is 2.98. The molecular weight excluding hydrogens is 718 g/mol. The van der Waals surface area contributed by atoms with E-state index in [1.807, 2.05) is 29.2 Å². The van der Waals surface area contributed by atoms with Gasteiger partial charge in [0.05, 0.1) is 35.4 Å². The summed E-state index contributed by atoms with van der Waals surface area (Å²) in [5, 5.41) is 17.5. The zero-order valence-corrected chi connectivity index (χ0v) is 30.6. The molecule has 1 unspecified atom stereocenters. The largest absolute Gasteiger partial charge is 0.478 e. The Morgan fingerprint density at radius 2 is 1.76 bits per heavy atom. The van der Waals surface area contributed by atoms with Gasteiger partial charge >= 0.3 is 0 Å². The van der Waals surface area contributed by atoms with Gasteiger partial charge in [-0.2, -0.15) is 10.1 Å². The Morgan fingerprint density at radius 1 is 0.981 bits per heavy atom. The number of aromatic nitrogens is 5. The van der Waals surface area contributed by atoms with Crippen molar-refractivity contribution in [3.8, 4) is 5.75 Å². The van der Waals surface area contributed by atoms with Crippen molar-refractivity contribution in [2.75, 3.05) is 61.9 Å². The van der Waals surface area contributed by atoms with Crippen molar-refractivity contribution < 1.29 is 23.9 Å². The molecule has 0 bridgehead atoms. The predicted molar refractivity (Wildman–Crippen MR) is 202 cm³/mol. The summed E-state index contributed by atoms with van der Waals surface area (Å²) < 4.78 is 8.61. The van der Waals surface area contributed by atoms with E-state index in [9.17, 15) is 24.0 Å². The van der Waals surface area contributed by atoms with Crippen LogP contribution in [0.3, 0.4) is 0 Å². The number of benzene rings is 2. The molecule has 2 aliphatic rings. The van der Waals surface area contributed by atoms with Crippen molar-refractivity contribution >= 4 is 80.2 Å². The molecule has 17 nitrogen and oxygen atoms in total. The van der Waals surface area contributed by atoms with Crippen LogP contribution in [0.5, 0.6) is 5.75 Å². The number of piperazine rings is 1. The van der Waals surface area contributed by atoms with Gasteiger partial charge in [-0.1, -0.05) is 11.6 Å². The molecule has 3 aromatic heterocycles. The number of aryl methyl sites for hydroxylation is 2. The first-order valence-electron chi connectivity index (χ1n) is 17.3. The normalized spacial score (nSPS) is 16.4. The molecule has 18 heteroatoms. The molecule has 5 heterocycles. The minimum Gasteiger partial charge on any atom is -0.478 e. The molecule has 2 saturated heterocycles. The zero-order chi connectivity index (χ0) is 38.1. The highest BCUT2D eigenvalue weighted by molar-refractivity contribution is 6.33. The molecule has 2 aromatic carbocycles. The van der Waals surface area contributed by atoms with Crippen molar-refractivity contribution in [3.05, 3.63) is 69.7 Å². The van der Waals surface area contributed by atoms with Crippen LogP contribution < -0.4 is 36.5 Å². The summed E-state index contributed by atoms with van der Waals surface area (Å²) in [6, 6.07) is 12.5. The zero-order valence-electron chi connectivity index (χ0n) is 29.8. The molecule has 1 atom stereocenters. The average molecular weight is 756 g/mol. The number of carbonyl (C=O) groups is 4. The predicted octanol–water partition coefficient (Wildman–Crippen LogP) is 2.02. The quantitative estimate of drug-likeness (QED) is 0.152. The molecule has 280 valence electrons. The van der Waals surface area contributed by atoms with Crippen LogP contribution in [0.1, 0.15) is 24.5 Å². The van der Waals surface area contributed by atoms with E-state index in [0.29, 0.717) is 77.4 Å². The Bertz CT molecular complexity index is 2370. The van der Waals surface area contributed by atoms with Gasteiger partial charge in [0, 0.05) is 75.9 Å². The molecule has 5 aromatic rings. The van der Waals surface area contributed by atoms with Gasteiger partial charge in [0.15, 0.2) is 18.2 Å². The topological polar surface area (TPSA) is 198 Å². The second-order valence-electron chi connectivity index (χ2n) is 13.2. The number of hydrogen-bond acceptors (Lipinski definition) is 12. The third-order valence-electron chi connectivity index (χ3n) is 9.58. The van der Waals surface area contributed by atoms with E-state index in [2.05, 4.69) is 36.2 Å². The number of imide groups is 1. The van der Waals surface area contributed by atoms with Gasteiger partial charge in [-0.3, -0.25) is 38.9 Å².